The van der Waals surface area contributed by atoms with E-state index in [9.17, 15) is 4.79 Å². The smallest absolute Gasteiger partial charge is 0.265 e. The van der Waals surface area contributed by atoms with Gasteiger partial charge in [-0.25, -0.2) is 0 Å². The van der Waals surface area contributed by atoms with E-state index in [1.54, 1.807) is 6.92 Å². The molecule has 3 heteroatoms. The predicted molar refractivity (Wildman–Crippen MR) is 85.8 cm³/mol. The molecule has 0 radical (unpaired) electrons. The summed E-state index contributed by atoms with van der Waals surface area (Å²) in [6, 6.07) is 13.5. The Morgan fingerprint density at radius 3 is 2.38 bits per heavy atom. The van der Waals surface area contributed by atoms with E-state index >= 15 is 0 Å². The number of rotatable bonds is 4. The Balaban J connectivity index is 2.06. The zero-order valence-electron chi connectivity index (χ0n) is 12.9. The molecule has 0 aliphatic carbocycles. The van der Waals surface area contributed by atoms with Crippen LogP contribution in [0.4, 0.5) is 5.69 Å². The largest absolute Gasteiger partial charge is 0.481 e. The predicted octanol–water partition coefficient (Wildman–Crippen LogP) is 4.02. The summed E-state index contributed by atoms with van der Waals surface area (Å²) in [4.78, 5) is 12.3. The summed E-state index contributed by atoms with van der Waals surface area (Å²) in [5.41, 5.74) is 4.08. The lowest BCUT2D eigenvalue weighted by Gasteiger charge is -2.17. The highest BCUT2D eigenvalue weighted by Gasteiger charge is 2.16. The summed E-state index contributed by atoms with van der Waals surface area (Å²) in [5, 5.41) is 2.93. The molecule has 0 saturated heterocycles. The summed E-state index contributed by atoms with van der Waals surface area (Å²) in [6.07, 6.45) is -0.550. The number of ether oxygens (including phenoxy) is 1. The van der Waals surface area contributed by atoms with E-state index in [2.05, 4.69) is 5.32 Å². The van der Waals surface area contributed by atoms with Crippen LogP contribution in [0.2, 0.25) is 0 Å². The van der Waals surface area contributed by atoms with Crippen molar-refractivity contribution >= 4 is 11.6 Å². The molecule has 21 heavy (non-hydrogen) atoms. The molecule has 0 bridgehead atoms. The number of aryl methyl sites for hydroxylation is 2. The highest BCUT2D eigenvalue weighted by Crippen LogP contribution is 2.20. The Hall–Kier alpha value is -2.29. The van der Waals surface area contributed by atoms with Gasteiger partial charge in [0, 0.05) is 5.69 Å². The van der Waals surface area contributed by atoms with Crippen LogP contribution >= 0.6 is 0 Å². The minimum absolute atomic E-state index is 0.146. The maximum absolute atomic E-state index is 12.3. The topological polar surface area (TPSA) is 38.3 Å². The molecule has 1 amide bonds. The van der Waals surface area contributed by atoms with Gasteiger partial charge in [-0.2, -0.15) is 0 Å². The van der Waals surface area contributed by atoms with E-state index in [1.807, 2.05) is 63.2 Å². The van der Waals surface area contributed by atoms with Gasteiger partial charge in [0.25, 0.3) is 5.91 Å². The first-order valence-corrected chi connectivity index (χ1v) is 7.08. The number of anilines is 1. The first-order valence-electron chi connectivity index (χ1n) is 7.08. The summed E-state index contributed by atoms with van der Waals surface area (Å²) >= 11 is 0. The zero-order chi connectivity index (χ0) is 15.4. The second-order valence-corrected chi connectivity index (χ2v) is 5.26. The summed E-state index contributed by atoms with van der Waals surface area (Å²) in [7, 11) is 0. The molecule has 0 spiro atoms. The molecule has 3 nitrogen and oxygen atoms in total. The summed E-state index contributed by atoms with van der Waals surface area (Å²) < 4.78 is 5.74. The number of carbonyl (C=O) groups excluding carboxylic acids is 1. The molecule has 1 atom stereocenters. The van der Waals surface area contributed by atoms with Gasteiger partial charge in [0.15, 0.2) is 6.10 Å². The van der Waals surface area contributed by atoms with Gasteiger partial charge in [0.1, 0.15) is 5.75 Å². The Morgan fingerprint density at radius 1 is 1.00 bits per heavy atom. The fourth-order valence-corrected chi connectivity index (χ4v) is 2.05. The van der Waals surface area contributed by atoms with Crippen LogP contribution in [-0.2, 0) is 4.79 Å². The molecule has 0 heterocycles. The number of carbonyl (C=O) groups is 1. The molecule has 2 aromatic rings. The highest BCUT2D eigenvalue weighted by molar-refractivity contribution is 5.94. The van der Waals surface area contributed by atoms with Crippen LogP contribution in [-0.4, -0.2) is 12.0 Å². The van der Waals surface area contributed by atoms with Crippen LogP contribution in [0.3, 0.4) is 0 Å². The van der Waals surface area contributed by atoms with Crippen LogP contribution in [0.1, 0.15) is 23.6 Å². The first kappa shape index (κ1) is 15.1. The molecular formula is C18H21NO2. The van der Waals surface area contributed by atoms with Crippen molar-refractivity contribution in [2.24, 2.45) is 0 Å². The summed E-state index contributed by atoms with van der Waals surface area (Å²) in [6.45, 7) is 7.74. The van der Waals surface area contributed by atoms with E-state index in [1.165, 1.54) is 0 Å². The highest BCUT2D eigenvalue weighted by atomic mass is 16.5. The standard InChI is InChI=1S/C18H21NO2/c1-12-9-7-10-16(14(12)3)19-18(20)15(4)21-17-11-6-5-8-13(17)2/h5-11,15H,1-4H3,(H,19,20). The number of nitrogens with one attached hydrogen (secondary N) is 1. The summed E-state index contributed by atoms with van der Waals surface area (Å²) in [5.74, 6) is 0.591. The maximum atomic E-state index is 12.3. The molecule has 0 aromatic heterocycles. The number of hydrogen-bond acceptors (Lipinski definition) is 2. The van der Waals surface area contributed by atoms with Gasteiger partial charge in [0.2, 0.25) is 0 Å². The van der Waals surface area contributed by atoms with Gasteiger partial charge < -0.3 is 10.1 Å². The zero-order valence-corrected chi connectivity index (χ0v) is 12.9. The van der Waals surface area contributed by atoms with Gasteiger partial charge in [-0.3, -0.25) is 4.79 Å². The molecule has 0 aliphatic heterocycles. The Kier molecular flexibility index (Phi) is 4.63. The molecule has 0 fully saturated rings. The van der Waals surface area contributed by atoms with E-state index < -0.39 is 6.10 Å². The van der Waals surface area contributed by atoms with Crippen LogP contribution in [0, 0.1) is 20.8 Å². The van der Waals surface area contributed by atoms with Crippen molar-refractivity contribution in [2.45, 2.75) is 33.8 Å². The Morgan fingerprint density at radius 2 is 1.67 bits per heavy atom. The normalized spacial score (nSPS) is 11.8. The second kappa shape index (κ2) is 6.44. The molecule has 2 rings (SSSR count). The SMILES string of the molecule is Cc1ccccc1OC(C)C(=O)Nc1cccc(C)c1C. The lowest BCUT2D eigenvalue weighted by Crippen LogP contribution is -2.30. The molecular weight excluding hydrogens is 262 g/mol. The van der Waals surface area contributed by atoms with Crippen molar-refractivity contribution in [3.63, 3.8) is 0 Å². The minimum atomic E-state index is -0.550. The third-order valence-electron chi connectivity index (χ3n) is 3.63. The van der Waals surface area contributed by atoms with Gasteiger partial charge in [-0.15, -0.1) is 0 Å². The van der Waals surface area contributed by atoms with E-state index in [4.69, 9.17) is 4.74 Å². The molecule has 1 N–H and O–H groups in total. The molecule has 110 valence electrons. The van der Waals surface area contributed by atoms with Crippen LogP contribution in [0.15, 0.2) is 42.5 Å². The average Bonchev–Trinajstić information content (AvgIpc) is 2.46. The lowest BCUT2D eigenvalue weighted by atomic mass is 10.1. The fourth-order valence-electron chi connectivity index (χ4n) is 2.05. The van der Waals surface area contributed by atoms with Crippen molar-refractivity contribution in [2.75, 3.05) is 5.32 Å². The Labute approximate surface area is 126 Å². The monoisotopic (exact) mass is 283 g/mol. The minimum Gasteiger partial charge on any atom is -0.481 e. The van der Waals surface area contributed by atoms with Crippen molar-refractivity contribution in [3.8, 4) is 5.75 Å². The van der Waals surface area contributed by atoms with Crippen molar-refractivity contribution < 1.29 is 9.53 Å². The molecule has 2 aromatic carbocycles. The van der Waals surface area contributed by atoms with Crippen molar-refractivity contribution in [1.82, 2.24) is 0 Å². The first-order chi connectivity index (χ1) is 9.99. The van der Waals surface area contributed by atoms with Crippen LogP contribution < -0.4 is 10.1 Å². The molecule has 0 aliphatic rings. The maximum Gasteiger partial charge on any atom is 0.265 e. The van der Waals surface area contributed by atoms with Gasteiger partial charge in [0.05, 0.1) is 0 Å². The number of benzene rings is 2. The second-order valence-electron chi connectivity index (χ2n) is 5.26. The quantitative estimate of drug-likeness (QED) is 0.920. The van der Waals surface area contributed by atoms with E-state index in [-0.39, 0.29) is 5.91 Å². The van der Waals surface area contributed by atoms with Crippen LogP contribution in [0.5, 0.6) is 5.75 Å². The average molecular weight is 283 g/mol. The third kappa shape index (κ3) is 3.63. The van der Waals surface area contributed by atoms with E-state index in [0.29, 0.717) is 0 Å². The third-order valence-corrected chi connectivity index (χ3v) is 3.63. The molecule has 1 unspecified atom stereocenters. The number of para-hydroxylation sites is 1. The van der Waals surface area contributed by atoms with Gasteiger partial charge in [-0.05, 0) is 56.5 Å². The van der Waals surface area contributed by atoms with E-state index in [0.717, 1.165) is 28.1 Å². The Bertz CT molecular complexity index is 649. The van der Waals surface area contributed by atoms with Crippen molar-refractivity contribution in [3.05, 3.63) is 59.2 Å². The number of amides is 1. The van der Waals surface area contributed by atoms with Gasteiger partial charge in [-0.1, -0.05) is 30.3 Å². The van der Waals surface area contributed by atoms with Crippen LogP contribution in [0.25, 0.3) is 0 Å². The fraction of sp³-hybridized carbons (Fsp3) is 0.278. The van der Waals surface area contributed by atoms with Crippen molar-refractivity contribution in [1.29, 1.82) is 0 Å². The van der Waals surface area contributed by atoms with Gasteiger partial charge >= 0.3 is 0 Å². The molecule has 0 saturated carbocycles. The lowest BCUT2D eigenvalue weighted by molar-refractivity contribution is -0.122. The number of hydrogen-bond donors (Lipinski definition) is 1.